The van der Waals surface area contributed by atoms with Crippen molar-refractivity contribution in [2.75, 3.05) is 23.4 Å². The molecule has 1 rings (SSSR count). The smallest absolute Gasteiger partial charge is 0.0407 e. The highest BCUT2D eigenvalue weighted by molar-refractivity contribution is 7.99. The van der Waals surface area contributed by atoms with E-state index in [0.717, 1.165) is 28.6 Å². The molecule has 0 aliphatic rings. The fraction of sp³-hybridized carbons (Fsp3) is 0.500. The number of nitrogens with two attached hydrogens (primary N) is 1. The summed E-state index contributed by atoms with van der Waals surface area (Å²) < 4.78 is 0. The third-order valence-electron chi connectivity index (χ3n) is 2.31. The molecule has 1 unspecified atom stereocenters. The Bertz CT molecular complexity index is 290. The number of nitrogens with one attached hydrogen (secondary N) is 1. The molecule has 2 nitrogen and oxygen atoms in total. The number of thioether (sulfide) groups is 1. The lowest BCUT2D eigenvalue weighted by Gasteiger charge is -2.17. The van der Waals surface area contributed by atoms with Crippen molar-refractivity contribution in [3.63, 3.8) is 0 Å². The molecule has 0 fully saturated rings. The van der Waals surface area contributed by atoms with Gasteiger partial charge in [0.25, 0.3) is 0 Å². The lowest BCUT2D eigenvalue weighted by molar-refractivity contribution is 0.709. The van der Waals surface area contributed by atoms with E-state index in [1.165, 1.54) is 0 Å². The summed E-state index contributed by atoms with van der Waals surface area (Å²) in [5.41, 5.74) is 6.82. The first-order chi connectivity index (χ1) is 7.76. The second-order valence-electron chi connectivity index (χ2n) is 3.57. The summed E-state index contributed by atoms with van der Waals surface area (Å²) >= 11 is 7.78. The van der Waals surface area contributed by atoms with E-state index in [-0.39, 0.29) is 0 Å². The van der Waals surface area contributed by atoms with Crippen molar-refractivity contribution in [1.29, 1.82) is 0 Å². The molecule has 3 N–H and O–H groups in total. The van der Waals surface area contributed by atoms with Crippen LogP contribution < -0.4 is 11.1 Å². The average molecular weight is 259 g/mol. The molecule has 0 aliphatic heterocycles. The van der Waals surface area contributed by atoms with Gasteiger partial charge in [-0.3, -0.25) is 0 Å². The molecule has 1 aromatic rings. The van der Waals surface area contributed by atoms with Crippen molar-refractivity contribution in [3.8, 4) is 0 Å². The normalized spacial score (nSPS) is 12.4. The fourth-order valence-corrected chi connectivity index (χ4v) is 2.27. The lowest BCUT2D eigenvalue weighted by atomic mass is 10.2. The zero-order valence-corrected chi connectivity index (χ0v) is 11.2. The topological polar surface area (TPSA) is 38.0 Å². The Morgan fingerprint density at radius 2 is 2.06 bits per heavy atom. The van der Waals surface area contributed by atoms with E-state index in [4.69, 9.17) is 17.3 Å². The molecular formula is C12H19ClN2S. The maximum Gasteiger partial charge on any atom is 0.0407 e. The first-order valence-electron chi connectivity index (χ1n) is 5.56. The van der Waals surface area contributed by atoms with Crippen LogP contribution in [0.1, 0.15) is 13.3 Å². The van der Waals surface area contributed by atoms with Crippen molar-refractivity contribution in [2.24, 2.45) is 5.73 Å². The van der Waals surface area contributed by atoms with E-state index < -0.39 is 0 Å². The molecule has 4 heteroatoms. The van der Waals surface area contributed by atoms with Gasteiger partial charge in [-0.2, -0.15) is 11.8 Å². The van der Waals surface area contributed by atoms with E-state index in [0.29, 0.717) is 12.6 Å². The van der Waals surface area contributed by atoms with Crippen LogP contribution in [0.4, 0.5) is 5.69 Å². The van der Waals surface area contributed by atoms with E-state index in [1.54, 1.807) is 0 Å². The minimum absolute atomic E-state index is 0.347. The molecule has 90 valence electrons. The number of rotatable bonds is 7. The zero-order chi connectivity index (χ0) is 11.8. The molecule has 0 radical (unpaired) electrons. The van der Waals surface area contributed by atoms with Crippen LogP contribution in [0.25, 0.3) is 0 Å². The second-order valence-corrected chi connectivity index (χ2v) is 5.40. The SMILES string of the molecule is CCSCCC(CN)Nc1ccc(Cl)cc1. The third-order valence-corrected chi connectivity index (χ3v) is 3.50. The molecule has 0 spiro atoms. The third kappa shape index (κ3) is 5.10. The molecular weight excluding hydrogens is 240 g/mol. The highest BCUT2D eigenvalue weighted by Gasteiger charge is 2.05. The van der Waals surface area contributed by atoms with E-state index in [9.17, 15) is 0 Å². The Morgan fingerprint density at radius 3 is 2.62 bits per heavy atom. The Labute approximate surface area is 107 Å². The Morgan fingerprint density at radius 1 is 1.38 bits per heavy atom. The Hall–Kier alpha value is -0.380. The summed E-state index contributed by atoms with van der Waals surface area (Å²) in [6.45, 7) is 2.83. The predicted molar refractivity (Wildman–Crippen MR) is 75.5 cm³/mol. The highest BCUT2D eigenvalue weighted by Crippen LogP contribution is 2.15. The predicted octanol–water partition coefficient (Wildman–Crippen LogP) is 3.22. The average Bonchev–Trinajstić information content (AvgIpc) is 2.31. The first-order valence-corrected chi connectivity index (χ1v) is 7.09. The van der Waals surface area contributed by atoms with Gasteiger partial charge in [0.1, 0.15) is 0 Å². The van der Waals surface area contributed by atoms with Gasteiger partial charge >= 0.3 is 0 Å². The molecule has 0 saturated carbocycles. The maximum atomic E-state index is 5.83. The number of hydrogen-bond acceptors (Lipinski definition) is 3. The van der Waals surface area contributed by atoms with E-state index in [1.807, 2.05) is 36.0 Å². The second kappa shape index (κ2) is 7.82. The molecule has 0 bridgehead atoms. The number of halogens is 1. The van der Waals surface area contributed by atoms with Crippen LogP contribution in [0.3, 0.4) is 0 Å². The Kier molecular flexibility index (Phi) is 6.69. The van der Waals surface area contributed by atoms with Crippen LogP contribution in [0.5, 0.6) is 0 Å². The van der Waals surface area contributed by atoms with Gasteiger partial charge in [0, 0.05) is 23.3 Å². The van der Waals surface area contributed by atoms with Crippen molar-refractivity contribution in [1.82, 2.24) is 0 Å². The zero-order valence-electron chi connectivity index (χ0n) is 9.58. The summed E-state index contributed by atoms with van der Waals surface area (Å²) in [6, 6.07) is 8.09. The summed E-state index contributed by atoms with van der Waals surface area (Å²) in [5, 5.41) is 4.18. The molecule has 1 atom stereocenters. The van der Waals surface area contributed by atoms with Gasteiger partial charge in [-0.05, 0) is 42.2 Å². The van der Waals surface area contributed by atoms with Gasteiger partial charge < -0.3 is 11.1 Å². The van der Waals surface area contributed by atoms with Crippen LogP contribution in [0.15, 0.2) is 24.3 Å². The van der Waals surface area contributed by atoms with Crippen LogP contribution >= 0.6 is 23.4 Å². The number of hydrogen-bond donors (Lipinski definition) is 2. The summed E-state index contributed by atoms with van der Waals surface area (Å²) in [5.74, 6) is 2.32. The molecule has 0 aliphatic carbocycles. The first kappa shape index (κ1) is 13.7. The standard InChI is InChI=1S/C12H19ClN2S/c1-2-16-8-7-12(9-14)15-11-5-3-10(13)4-6-11/h3-6,12,15H,2,7-9,14H2,1H3. The van der Waals surface area contributed by atoms with Crippen LogP contribution in [-0.2, 0) is 0 Å². The summed E-state index contributed by atoms with van der Waals surface area (Å²) in [6.07, 6.45) is 1.09. The van der Waals surface area contributed by atoms with Gasteiger partial charge in [0.05, 0.1) is 0 Å². The molecule has 16 heavy (non-hydrogen) atoms. The van der Waals surface area contributed by atoms with Crippen molar-refractivity contribution in [2.45, 2.75) is 19.4 Å². The van der Waals surface area contributed by atoms with Crippen molar-refractivity contribution in [3.05, 3.63) is 29.3 Å². The lowest BCUT2D eigenvalue weighted by Crippen LogP contribution is -2.29. The molecule has 0 aromatic heterocycles. The van der Waals surface area contributed by atoms with Gasteiger partial charge in [0.2, 0.25) is 0 Å². The van der Waals surface area contributed by atoms with Crippen molar-refractivity contribution >= 4 is 29.1 Å². The largest absolute Gasteiger partial charge is 0.381 e. The van der Waals surface area contributed by atoms with Crippen LogP contribution in [0.2, 0.25) is 5.02 Å². The van der Waals surface area contributed by atoms with E-state index in [2.05, 4.69) is 12.2 Å². The van der Waals surface area contributed by atoms with Crippen molar-refractivity contribution < 1.29 is 0 Å². The van der Waals surface area contributed by atoms with Gasteiger partial charge in [-0.15, -0.1) is 0 Å². The van der Waals surface area contributed by atoms with Gasteiger partial charge in [-0.25, -0.2) is 0 Å². The molecule has 0 saturated heterocycles. The van der Waals surface area contributed by atoms with E-state index >= 15 is 0 Å². The molecule has 0 heterocycles. The minimum atomic E-state index is 0.347. The van der Waals surface area contributed by atoms with Gasteiger partial charge in [-0.1, -0.05) is 18.5 Å². The molecule has 0 amide bonds. The van der Waals surface area contributed by atoms with Crippen LogP contribution in [0, 0.1) is 0 Å². The highest BCUT2D eigenvalue weighted by atomic mass is 35.5. The van der Waals surface area contributed by atoms with Gasteiger partial charge in [0.15, 0.2) is 0 Å². The monoisotopic (exact) mass is 258 g/mol. The maximum absolute atomic E-state index is 5.83. The summed E-state index contributed by atoms with van der Waals surface area (Å²) in [4.78, 5) is 0. The summed E-state index contributed by atoms with van der Waals surface area (Å²) in [7, 11) is 0. The quantitative estimate of drug-likeness (QED) is 0.738. The number of benzene rings is 1. The Balaban J connectivity index is 2.40. The molecule has 1 aromatic carbocycles. The fourth-order valence-electron chi connectivity index (χ4n) is 1.40. The minimum Gasteiger partial charge on any atom is -0.381 e. The van der Waals surface area contributed by atoms with Crippen LogP contribution in [-0.4, -0.2) is 24.1 Å². The number of anilines is 1.